The predicted molar refractivity (Wildman–Crippen MR) is 208 cm³/mol. The van der Waals surface area contributed by atoms with Gasteiger partial charge >= 0.3 is 11.9 Å². The average Bonchev–Trinajstić information content (AvgIpc) is 3.24. The summed E-state index contributed by atoms with van der Waals surface area (Å²) in [6.45, 7) is 0.322. The minimum Gasteiger partial charge on any atom is -0.478 e. The molecule has 0 unspecified atom stereocenters. The molecule has 6 aromatic carbocycles. The summed E-state index contributed by atoms with van der Waals surface area (Å²) in [5, 5.41) is 21.5. The number of benzene rings is 6. The maximum absolute atomic E-state index is 13.2. The molecule has 0 aliphatic heterocycles. The molecule has 57 heavy (non-hydrogen) atoms. The molecule has 0 aliphatic carbocycles. The zero-order valence-corrected chi connectivity index (χ0v) is 30.5. The first-order chi connectivity index (χ1) is 27.8. The summed E-state index contributed by atoms with van der Waals surface area (Å²) in [5.74, 6) is -1.32. The largest absolute Gasteiger partial charge is 0.478 e. The smallest absolute Gasteiger partial charge is 0.338 e. The lowest BCUT2D eigenvalue weighted by Gasteiger charge is -2.13. The Labute approximate surface area is 327 Å². The highest BCUT2D eigenvalue weighted by molar-refractivity contribution is 6.10. The first-order valence-corrected chi connectivity index (χ1v) is 17.7. The van der Waals surface area contributed by atoms with E-state index in [0.29, 0.717) is 45.1 Å². The average molecular weight is 771 g/mol. The van der Waals surface area contributed by atoms with Crippen molar-refractivity contribution in [2.24, 2.45) is 0 Å². The molecular formula is C44H38N2O11. The molecule has 4 N–H and O–H groups in total. The molecule has 6 aromatic rings. The van der Waals surface area contributed by atoms with Crippen LogP contribution in [0.25, 0.3) is 0 Å². The van der Waals surface area contributed by atoms with E-state index in [2.05, 4.69) is 15.7 Å². The van der Waals surface area contributed by atoms with Crippen LogP contribution in [0.2, 0.25) is 0 Å². The number of carbonyl (C=O) groups is 3. The van der Waals surface area contributed by atoms with Crippen LogP contribution < -0.4 is 15.5 Å². The van der Waals surface area contributed by atoms with Crippen molar-refractivity contribution >= 4 is 29.2 Å². The third-order valence-corrected chi connectivity index (χ3v) is 8.43. The quantitative estimate of drug-likeness (QED) is 0.0267. The van der Waals surface area contributed by atoms with Crippen molar-refractivity contribution in [1.29, 1.82) is 0 Å². The summed E-state index contributed by atoms with van der Waals surface area (Å²) in [5.41, 5.74) is 7.62. The van der Waals surface area contributed by atoms with Crippen LogP contribution in [0.1, 0.15) is 58.9 Å². The second-order valence-electron chi connectivity index (χ2n) is 12.5. The molecule has 0 radical (unpaired) electrons. The summed E-state index contributed by atoms with van der Waals surface area (Å²) < 4.78 is 11.4. The Bertz CT molecular complexity index is 2250. The predicted octanol–water partition coefficient (Wildman–Crippen LogP) is 8.97. The van der Waals surface area contributed by atoms with Gasteiger partial charge in [-0.05, 0) is 101 Å². The number of rotatable bonds is 19. The van der Waals surface area contributed by atoms with Crippen molar-refractivity contribution < 1.29 is 53.7 Å². The van der Waals surface area contributed by atoms with E-state index in [0.717, 1.165) is 11.1 Å². The molecule has 1 amide bonds. The van der Waals surface area contributed by atoms with E-state index in [1.807, 2.05) is 60.7 Å². The number of aromatic carboxylic acids is 1. The number of hydrogen-bond acceptors (Lipinski definition) is 11. The second kappa shape index (κ2) is 20.2. The standard InChI is InChI=1S/C44H38N2O11/c47-42(41-23-32(11-22-40(41)43(48)49)27-56-55-26-31-9-5-2-6-10-31)45-36-14-18-38(19-15-36)57-39-20-16-37(17-21-39)46-53-28-35-24-33(12-13-34(35)29-54-51)44(50)52-25-30-7-3-1-4-8-30/h1-24,46,51H,25-29H2,(H,45,47)(H,48,49). The van der Waals surface area contributed by atoms with Gasteiger partial charge in [0.1, 0.15) is 44.5 Å². The van der Waals surface area contributed by atoms with Crippen LogP contribution in [0.5, 0.6) is 11.5 Å². The van der Waals surface area contributed by atoms with E-state index in [-0.39, 0.29) is 44.2 Å². The van der Waals surface area contributed by atoms with Crippen molar-refractivity contribution in [2.45, 2.75) is 33.0 Å². The monoisotopic (exact) mass is 770 g/mol. The molecule has 13 heteroatoms. The highest BCUT2D eigenvalue weighted by atomic mass is 17.2. The summed E-state index contributed by atoms with van der Waals surface area (Å²) in [6, 6.07) is 41.6. The molecule has 0 saturated carbocycles. The van der Waals surface area contributed by atoms with Crippen molar-refractivity contribution in [3.05, 3.63) is 190 Å². The summed E-state index contributed by atoms with van der Waals surface area (Å²) in [4.78, 5) is 58.4. The molecule has 0 atom stereocenters. The minimum atomic E-state index is -1.24. The van der Waals surface area contributed by atoms with Crippen LogP contribution in [0.15, 0.2) is 146 Å². The third kappa shape index (κ3) is 11.8. The van der Waals surface area contributed by atoms with Gasteiger partial charge in [0.15, 0.2) is 0 Å². The summed E-state index contributed by atoms with van der Waals surface area (Å²) in [6.07, 6.45) is 0. The van der Waals surface area contributed by atoms with Crippen LogP contribution in [0.4, 0.5) is 11.4 Å². The lowest BCUT2D eigenvalue weighted by molar-refractivity contribution is -0.313. The maximum atomic E-state index is 13.2. The number of anilines is 2. The number of amides is 1. The van der Waals surface area contributed by atoms with Gasteiger partial charge in [0, 0.05) is 5.69 Å². The van der Waals surface area contributed by atoms with E-state index in [1.54, 1.807) is 72.8 Å². The fourth-order valence-corrected chi connectivity index (χ4v) is 5.48. The number of hydrogen-bond donors (Lipinski definition) is 4. The third-order valence-electron chi connectivity index (χ3n) is 8.43. The molecule has 0 bridgehead atoms. The van der Waals surface area contributed by atoms with Crippen LogP contribution in [-0.4, -0.2) is 28.2 Å². The minimum absolute atomic E-state index is 0.00917. The lowest BCUT2D eigenvalue weighted by Crippen LogP contribution is -2.17. The molecule has 0 spiro atoms. The van der Waals surface area contributed by atoms with Gasteiger partial charge in [0.25, 0.3) is 5.91 Å². The van der Waals surface area contributed by atoms with E-state index < -0.39 is 17.8 Å². The van der Waals surface area contributed by atoms with Crippen LogP contribution in [0.3, 0.4) is 0 Å². The van der Waals surface area contributed by atoms with Gasteiger partial charge in [-0.3, -0.25) is 20.4 Å². The van der Waals surface area contributed by atoms with Crippen molar-refractivity contribution in [3.8, 4) is 11.5 Å². The highest BCUT2D eigenvalue weighted by Gasteiger charge is 2.18. The van der Waals surface area contributed by atoms with Gasteiger partial charge in [-0.2, -0.15) is 0 Å². The fraction of sp³-hybridized carbons (Fsp3) is 0.114. The van der Waals surface area contributed by atoms with E-state index in [4.69, 9.17) is 29.3 Å². The summed E-state index contributed by atoms with van der Waals surface area (Å²) in [7, 11) is 0. The number of esters is 1. The summed E-state index contributed by atoms with van der Waals surface area (Å²) >= 11 is 0. The van der Waals surface area contributed by atoms with Gasteiger partial charge in [-0.1, -0.05) is 72.8 Å². The molecule has 0 saturated heterocycles. The Hall–Kier alpha value is -6.87. The van der Waals surface area contributed by atoms with Crippen molar-refractivity contribution in [2.75, 3.05) is 10.8 Å². The van der Waals surface area contributed by atoms with E-state index in [1.165, 1.54) is 12.1 Å². The lowest BCUT2D eigenvalue weighted by atomic mass is 10.0. The Balaban J connectivity index is 0.987. The molecule has 0 heterocycles. The molecule has 290 valence electrons. The molecule has 0 aromatic heterocycles. The SMILES string of the molecule is O=C(OCc1ccccc1)c1ccc(COO)c(CONc2ccc(Oc3ccc(NC(=O)c4cc(COOCc5ccccc5)ccc4C(=O)O)cc3)cc2)c1. The molecule has 6 rings (SSSR count). The maximum Gasteiger partial charge on any atom is 0.338 e. The van der Waals surface area contributed by atoms with Gasteiger partial charge in [0.2, 0.25) is 0 Å². The second-order valence-corrected chi connectivity index (χ2v) is 12.5. The van der Waals surface area contributed by atoms with Gasteiger partial charge < -0.3 is 19.9 Å². The van der Waals surface area contributed by atoms with Crippen LogP contribution in [0, 0.1) is 0 Å². The van der Waals surface area contributed by atoms with Gasteiger partial charge in [-0.15, -0.1) is 0 Å². The molecule has 0 aliphatic rings. The Kier molecular flexibility index (Phi) is 14.1. The van der Waals surface area contributed by atoms with Crippen LogP contribution in [-0.2, 0) is 57.3 Å². The van der Waals surface area contributed by atoms with E-state index >= 15 is 0 Å². The Morgan fingerprint density at radius 1 is 0.544 bits per heavy atom. The number of carboxylic acids is 1. The number of ether oxygens (including phenoxy) is 2. The molecule has 13 nitrogen and oxygen atoms in total. The Morgan fingerprint density at radius 3 is 1.79 bits per heavy atom. The first-order valence-electron chi connectivity index (χ1n) is 17.7. The molecular weight excluding hydrogens is 732 g/mol. The fourth-order valence-electron chi connectivity index (χ4n) is 5.48. The van der Waals surface area contributed by atoms with Crippen LogP contribution >= 0.6 is 0 Å². The number of carbonyl (C=O) groups excluding carboxylic acids is 2. The van der Waals surface area contributed by atoms with Gasteiger partial charge in [0.05, 0.1) is 22.4 Å². The van der Waals surface area contributed by atoms with Crippen molar-refractivity contribution in [1.82, 2.24) is 0 Å². The number of carboxylic acid groups (broad SMARTS) is 1. The van der Waals surface area contributed by atoms with E-state index in [9.17, 15) is 19.5 Å². The highest BCUT2D eigenvalue weighted by Crippen LogP contribution is 2.26. The van der Waals surface area contributed by atoms with Crippen molar-refractivity contribution in [3.63, 3.8) is 0 Å². The Morgan fingerprint density at radius 2 is 1.16 bits per heavy atom. The number of nitrogens with one attached hydrogen (secondary N) is 2. The normalized spacial score (nSPS) is 10.8. The zero-order valence-electron chi connectivity index (χ0n) is 30.5. The topological polar surface area (TPSA) is 171 Å². The van der Waals surface area contributed by atoms with Gasteiger partial charge in [-0.25, -0.2) is 24.3 Å². The zero-order chi connectivity index (χ0) is 39.8. The first kappa shape index (κ1) is 39.8. The molecule has 0 fully saturated rings.